The standard InChI is InChI=1S/C21H25N3O2/c1-25-19-10-6-9-16(21(19)26-2)20-17-14-24(12-11-18(17)22-23-20)13-15-7-4-3-5-8-15/h3-10,17,20,23H,11-14H2,1-2H3. The first-order chi connectivity index (χ1) is 12.8. The Balaban J connectivity index is 1.55. The number of ether oxygens (including phenoxy) is 2. The quantitative estimate of drug-likeness (QED) is 0.898. The third-order valence-electron chi connectivity index (χ3n) is 5.33. The molecule has 0 amide bonds. The highest BCUT2D eigenvalue weighted by Crippen LogP contribution is 2.41. The number of fused-ring (bicyclic) bond motifs is 1. The summed E-state index contributed by atoms with van der Waals surface area (Å²) in [6.45, 7) is 3.02. The van der Waals surface area contributed by atoms with Gasteiger partial charge in [0.1, 0.15) is 0 Å². The van der Waals surface area contributed by atoms with Crippen molar-refractivity contribution in [2.45, 2.75) is 19.0 Å². The molecular weight excluding hydrogens is 326 g/mol. The highest BCUT2D eigenvalue weighted by atomic mass is 16.5. The smallest absolute Gasteiger partial charge is 0.166 e. The minimum atomic E-state index is 0.119. The van der Waals surface area contributed by atoms with Crippen LogP contribution in [-0.2, 0) is 6.54 Å². The molecule has 5 heteroatoms. The van der Waals surface area contributed by atoms with Gasteiger partial charge < -0.3 is 14.9 Å². The molecule has 0 radical (unpaired) electrons. The fraction of sp³-hybridized carbons (Fsp3) is 0.381. The van der Waals surface area contributed by atoms with Crippen LogP contribution in [0.5, 0.6) is 11.5 Å². The van der Waals surface area contributed by atoms with Crippen LogP contribution < -0.4 is 14.9 Å². The molecule has 0 aliphatic carbocycles. The Morgan fingerprint density at radius 2 is 1.92 bits per heavy atom. The zero-order valence-corrected chi connectivity index (χ0v) is 15.3. The molecule has 1 N–H and O–H groups in total. The summed E-state index contributed by atoms with van der Waals surface area (Å²) in [6, 6.07) is 16.8. The average molecular weight is 351 g/mol. The third-order valence-corrected chi connectivity index (χ3v) is 5.33. The molecule has 2 aromatic carbocycles. The second-order valence-corrected chi connectivity index (χ2v) is 6.87. The van der Waals surface area contributed by atoms with Crippen LogP contribution in [-0.4, -0.2) is 37.9 Å². The van der Waals surface area contributed by atoms with Gasteiger partial charge in [-0.05, 0) is 11.6 Å². The van der Waals surface area contributed by atoms with Gasteiger partial charge in [-0.25, -0.2) is 0 Å². The molecule has 0 saturated carbocycles. The fourth-order valence-electron chi connectivity index (χ4n) is 4.04. The molecule has 0 bridgehead atoms. The van der Waals surface area contributed by atoms with Gasteiger partial charge in [0, 0.05) is 43.2 Å². The summed E-state index contributed by atoms with van der Waals surface area (Å²) >= 11 is 0. The van der Waals surface area contributed by atoms with Gasteiger partial charge in [0.15, 0.2) is 11.5 Å². The van der Waals surface area contributed by atoms with Gasteiger partial charge >= 0.3 is 0 Å². The van der Waals surface area contributed by atoms with Crippen LogP contribution in [0, 0.1) is 5.92 Å². The first-order valence-corrected chi connectivity index (χ1v) is 9.09. The Morgan fingerprint density at radius 1 is 1.08 bits per heavy atom. The molecule has 1 saturated heterocycles. The van der Waals surface area contributed by atoms with E-state index in [2.05, 4.69) is 51.8 Å². The van der Waals surface area contributed by atoms with E-state index >= 15 is 0 Å². The van der Waals surface area contributed by atoms with E-state index in [9.17, 15) is 0 Å². The van der Waals surface area contributed by atoms with E-state index in [1.807, 2.05) is 12.1 Å². The van der Waals surface area contributed by atoms with Gasteiger partial charge in [-0.2, -0.15) is 5.10 Å². The number of hydrogen-bond acceptors (Lipinski definition) is 5. The Morgan fingerprint density at radius 3 is 2.69 bits per heavy atom. The number of hydrazone groups is 1. The van der Waals surface area contributed by atoms with Crippen LogP contribution in [0.4, 0.5) is 0 Å². The van der Waals surface area contributed by atoms with Gasteiger partial charge in [0.25, 0.3) is 0 Å². The van der Waals surface area contributed by atoms with Gasteiger partial charge in [-0.3, -0.25) is 4.90 Å². The van der Waals surface area contributed by atoms with Crippen molar-refractivity contribution in [3.63, 3.8) is 0 Å². The summed E-state index contributed by atoms with van der Waals surface area (Å²) in [5.74, 6) is 1.91. The van der Waals surface area contributed by atoms with E-state index in [4.69, 9.17) is 9.47 Å². The monoisotopic (exact) mass is 351 g/mol. The molecule has 4 rings (SSSR count). The van der Waals surface area contributed by atoms with E-state index < -0.39 is 0 Å². The zero-order chi connectivity index (χ0) is 17.9. The van der Waals surface area contributed by atoms with Gasteiger partial charge in [-0.15, -0.1) is 0 Å². The molecule has 1 fully saturated rings. The maximum Gasteiger partial charge on any atom is 0.166 e. The lowest BCUT2D eigenvalue weighted by atomic mass is 9.86. The summed E-state index contributed by atoms with van der Waals surface area (Å²) < 4.78 is 11.1. The highest BCUT2D eigenvalue weighted by Gasteiger charge is 2.38. The summed E-state index contributed by atoms with van der Waals surface area (Å²) in [6.07, 6.45) is 1.01. The third kappa shape index (κ3) is 3.15. The lowest BCUT2D eigenvalue weighted by Crippen LogP contribution is -2.41. The average Bonchev–Trinajstić information content (AvgIpc) is 3.11. The van der Waals surface area contributed by atoms with Crippen molar-refractivity contribution in [2.75, 3.05) is 27.3 Å². The second-order valence-electron chi connectivity index (χ2n) is 6.87. The van der Waals surface area contributed by atoms with Crippen molar-refractivity contribution in [2.24, 2.45) is 11.0 Å². The summed E-state index contributed by atoms with van der Waals surface area (Å²) in [5, 5.41) is 4.63. The molecule has 2 aliphatic heterocycles. The summed E-state index contributed by atoms with van der Waals surface area (Å²) in [4.78, 5) is 2.52. The Bertz CT molecular complexity index is 791. The minimum Gasteiger partial charge on any atom is -0.493 e. The molecule has 0 spiro atoms. The van der Waals surface area contributed by atoms with Crippen molar-refractivity contribution in [3.8, 4) is 11.5 Å². The number of hydrogen-bond donors (Lipinski definition) is 1. The minimum absolute atomic E-state index is 0.119. The maximum atomic E-state index is 5.65. The fourth-order valence-corrected chi connectivity index (χ4v) is 4.04. The van der Waals surface area contributed by atoms with Crippen molar-refractivity contribution < 1.29 is 9.47 Å². The van der Waals surface area contributed by atoms with Crippen LogP contribution in [0.25, 0.3) is 0 Å². The topological polar surface area (TPSA) is 46.1 Å². The maximum absolute atomic E-state index is 5.65. The lowest BCUT2D eigenvalue weighted by molar-refractivity contribution is 0.218. The molecule has 2 atom stereocenters. The Kier molecular flexibility index (Phi) is 4.80. The number of methoxy groups -OCH3 is 2. The SMILES string of the molecule is COc1cccc(C2NN=C3CCN(Cc4ccccc4)CC32)c1OC. The van der Waals surface area contributed by atoms with Crippen molar-refractivity contribution in [1.29, 1.82) is 0 Å². The van der Waals surface area contributed by atoms with E-state index in [-0.39, 0.29) is 6.04 Å². The number of para-hydroxylation sites is 1. The van der Waals surface area contributed by atoms with Crippen molar-refractivity contribution in [1.82, 2.24) is 10.3 Å². The van der Waals surface area contributed by atoms with Crippen LogP contribution in [0.15, 0.2) is 53.6 Å². The number of rotatable bonds is 5. The second kappa shape index (κ2) is 7.38. The molecule has 2 aromatic rings. The molecular formula is C21H25N3O2. The Hall–Kier alpha value is -2.53. The largest absolute Gasteiger partial charge is 0.493 e. The summed E-state index contributed by atoms with van der Waals surface area (Å²) in [5.41, 5.74) is 7.08. The molecule has 2 heterocycles. The molecule has 2 unspecified atom stereocenters. The number of nitrogens with zero attached hydrogens (tertiary/aromatic N) is 2. The number of nitrogens with one attached hydrogen (secondary N) is 1. The number of likely N-dealkylation sites (tertiary alicyclic amines) is 1. The van der Waals surface area contributed by atoms with Crippen LogP contribution >= 0.6 is 0 Å². The van der Waals surface area contributed by atoms with Gasteiger partial charge in [0.2, 0.25) is 0 Å². The first-order valence-electron chi connectivity index (χ1n) is 9.09. The molecule has 0 aromatic heterocycles. The predicted molar refractivity (Wildman–Crippen MR) is 103 cm³/mol. The van der Waals surface area contributed by atoms with Crippen LogP contribution in [0.3, 0.4) is 0 Å². The first kappa shape index (κ1) is 16.9. The van der Waals surface area contributed by atoms with E-state index in [1.54, 1.807) is 14.2 Å². The highest BCUT2D eigenvalue weighted by molar-refractivity contribution is 5.90. The van der Waals surface area contributed by atoms with E-state index in [0.29, 0.717) is 5.92 Å². The zero-order valence-electron chi connectivity index (χ0n) is 15.3. The van der Waals surface area contributed by atoms with E-state index in [1.165, 1.54) is 11.3 Å². The summed E-state index contributed by atoms with van der Waals surface area (Å²) in [7, 11) is 3.37. The molecule has 2 aliphatic rings. The van der Waals surface area contributed by atoms with Crippen molar-refractivity contribution in [3.05, 3.63) is 59.7 Å². The molecule has 5 nitrogen and oxygen atoms in total. The van der Waals surface area contributed by atoms with E-state index in [0.717, 1.165) is 43.1 Å². The van der Waals surface area contributed by atoms with Crippen LogP contribution in [0.2, 0.25) is 0 Å². The predicted octanol–water partition coefficient (Wildman–Crippen LogP) is 3.23. The van der Waals surface area contributed by atoms with Crippen molar-refractivity contribution >= 4 is 5.71 Å². The lowest BCUT2D eigenvalue weighted by Gasteiger charge is -2.34. The number of piperidine rings is 1. The van der Waals surface area contributed by atoms with Gasteiger partial charge in [0.05, 0.1) is 20.3 Å². The van der Waals surface area contributed by atoms with Crippen LogP contribution in [0.1, 0.15) is 23.6 Å². The molecule has 136 valence electrons. The molecule has 26 heavy (non-hydrogen) atoms. The normalized spacial score (nSPS) is 22.3. The number of benzene rings is 2. The Labute approximate surface area is 154 Å². The van der Waals surface area contributed by atoms with Gasteiger partial charge in [-0.1, -0.05) is 42.5 Å².